The zero-order chi connectivity index (χ0) is 22.3. The molecule has 0 saturated heterocycles. The summed E-state index contributed by atoms with van der Waals surface area (Å²) in [6, 6.07) is 1.14. The van der Waals surface area contributed by atoms with Crippen molar-refractivity contribution >= 4 is 0 Å². The molecule has 0 aliphatic carbocycles. The third-order valence-electron chi connectivity index (χ3n) is 6.20. The van der Waals surface area contributed by atoms with Gasteiger partial charge in [0.1, 0.15) is 0 Å². The van der Waals surface area contributed by atoms with E-state index in [1.165, 1.54) is 12.8 Å². The van der Waals surface area contributed by atoms with Gasteiger partial charge in [0.25, 0.3) is 0 Å². The van der Waals surface area contributed by atoms with Crippen molar-refractivity contribution < 1.29 is 0 Å². The summed E-state index contributed by atoms with van der Waals surface area (Å²) in [4.78, 5) is 4.75. The van der Waals surface area contributed by atoms with Crippen LogP contribution >= 0.6 is 0 Å². The van der Waals surface area contributed by atoms with Gasteiger partial charge < -0.3 is 21.3 Å². The Bertz CT molecular complexity index is 415. The molecule has 4 nitrogen and oxygen atoms in total. The first-order valence-electron chi connectivity index (χ1n) is 11.3. The standard InChI is InChI=1S/C24H54N4/c1-19(21(28(10)11)14-15-22(2,3)4)18-24(7,26)17-13-20(27(8)9)12-16-23(5,6)25/h19-21H,12-18,25-26H2,1-11H3. The van der Waals surface area contributed by atoms with Crippen LogP contribution in [-0.4, -0.2) is 61.2 Å². The zero-order valence-electron chi connectivity index (χ0n) is 21.2. The molecule has 0 radical (unpaired) electrons. The SMILES string of the molecule is CC(CC(C)(N)CCC(CCC(C)(C)N)N(C)C)C(CCC(C)(C)C)N(C)C. The van der Waals surface area contributed by atoms with Crippen LogP contribution < -0.4 is 11.5 Å². The molecule has 4 atom stereocenters. The van der Waals surface area contributed by atoms with Crippen molar-refractivity contribution in [3.05, 3.63) is 0 Å². The van der Waals surface area contributed by atoms with E-state index in [2.05, 4.69) is 86.5 Å². The number of nitrogens with zero attached hydrogens (tertiary/aromatic N) is 2. The van der Waals surface area contributed by atoms with Crippen molar-refractivity contribution in [3.63, 3.8) is 0 Å². The lowest BCUT2D eigenvalue weighted by Gasteiger charge is -2.38. The quantitative estimate of drug-likeness (QED) is 0.471. The predicted molar refractivity (Wildman–Crippen MR) is 127 cm³/mol. The average Bonchev–Trinajstić information content (AvgIpc) is 2.43. The number of nitrogens with two attached hydrogens (primary N) is 2. The van der Waals surface area contributed by atoms with E-state index in [9.17, 15) is 0 Å². The third-order valence-corrected chi connectivity index (χ3v) is 6.20. The minimum Gasteiger partial charge on any atom is -0.326 e. The average molecular weight is 399 g/mol. The first kappa shape index (κ1) is 27.8. The highest BCUT2D eigenvalue weighted by atomic mass is 15.1. The fraction of sp³-hybridized carbons (Fsp3) is 1.00. The molecule has 0 aromatic heterocycles. The molecule has 170 valence electrons. The van der Waals surface area contributed by atoms with Crippen LogP contribution in [0.15, 0.2) is 0 Å². The highest BCUT2D eigenvalue weighted by Crippen LogP contribution is 2.30. The molecule has 0 heterocycles. The van der Waals surface area contributed by atoms with E-state index in [0.29, 0.717) is 23.4 Å². The van der Waals surface area contributed by atoms with E-state index in [-0.39, 0.29) is 11.1 Å². The molecule has 4 unspecified atom stereocenters. The van der Waals surface area contributed by atoms with Crippen molar-refractivity contribution in [2.75, 3.05) is 28.2 Å². The van der Waals surface area contributed by atoms with Gasteiger partial charge in [-0.25, -0.2) is 0 Å². The van der Waals surface area contributed by atoms with E-state index in [1.54, 1.807) is 0 Å². The number of rotatable bonds is 13. The van der Waals surface area contributed by atoms with Crippen LogP contribution in [0.1, 0.15) is 93.4 Å². The summed E-state index contributed by atoms with van der Waals surface area (Å²) in [5, 5.41) is 0. The molecule has 0 aromatic carbocycles. The molecule has 4 heteroatoms. The maximum absolute atomic E-state index is 6.81. The lowest BCUT2D eigenvalue weighted by molar-refractivity contribution is 0.151. The fourth-order valence-corrected chi connectivity index (χ4v) is 4.30. The van der Waals surface area contributed by atoms with Crippen LogP contribution in [0.5, 0.6) is 0 Å². The van der Waals surface area contributed by atoms with E-state index < -0.39 is 0 Å². The molecule has 0 bridgehead atoms. The Balaban J connectivity index is 4.80. The van der Waals surface area contributed by atoms with E-state index in [1.807, 2.05) is 0 Å². The third kappa shape index (κ3) is 13.1. The van der Waals surface area contributed by atoms with E-state index in [0.717, 1.165) is 32.1 Å². The molecule has 0 saturated carbocycles. The second-order valence-electron chi connectivity index (χ2n) is 12.1. The highest BCUT2D eigenvalue weighted by molar-refractivity contribution is 4.88. The molecule has 0 aliphatic rings. The second kappa shape index (κ2) is 11.3. The zero-order valence-corrected chi connectivity index (χ0v) is 21.2. The lowest BCUT2D eigenvalue weighted by Crippen LogP contribution is -2.44. The highest BCUT2D eigenvalue weighted by Gasteiger charge is 2.29. The van der Waals surface area contributed by atoms with Crippen molar-refractivity contribution in [1.29, 1.82) is 0 Å². The minimum absolute atomic E-state index is 0.0964. The normalized spacial score (nSPS) is 19.0. The number of hydrogen-bond acceptors (Lipinski definition) is 4. The maximum atomic E-state index is 6.81. The van der Waals surface area contributed by atoms with Gasteiger partial charge in [-0.15, -0.1) is 0 Å². The predicted octanol–water partition coefficient (Wildman–Crippen LogP) is 4.71. The Hall–Kier alpha value is -0.160. The maximum Gasteiger partial charge on any atom is 0.0129 e. The summed E-state index contributed by atoms with van der Waals surface area (Å²) in [5.41, 5.74) is 13.2. The minimum atomic E-state index is -0.123. The molecular formula is C24H54N4. The summed E-state index contributed by atoms with van der Waals surface area (Å²) < 4.78 is 0. The topological polar surface area (TPSA) is 58.5 Å². The molecule has 0 fully saturated rings. The Kier molecular flexibility index (Phi) is 11.2. The van der Waals surface area contributed by atoms with E-state index in [4.69, 9.17) is 11.5 Å². The van der Waals surface area contributed by atoms with Gasteiger partial charge in [0.15, 0.2) is 0 Å². The Morgan fingerprint density at radius 1 is 0.714 bits per heavy atom. The first-order valence-corrected chi connectivity index (χ1v) is 11.3. The molecule has 0 aliphatic heterocycles. The van der Waals surface area contributed by atoms with Crippen LogP contribution in [0, 0.1) is 11.3 Å². The molecule has 0 amide bonds. The lowest BCUT2D eigenvalue weighted by atomic mass is 9.79. The van der Waals surface area contributed by atoms with Crippen LogP contribution in [0.4, 0.5) is 0 Å². The van der Waals surface area contributed by atoms with Crippen LogP contribution in [0.3, 0.4) is 0 Å². The molecule has 28 heavy (non-hydrogen) atoms. The van der Waals surface area contributed by atoms with Gasteiger partial charge in [-0.3, -0.25) is 0 Å². The summed E-state index contributed by atoms with van der Waals surface area (Å²) in [6.45, 7) is 15.9. The van der Waals surface area contributed by atoms with E-state index >= 15 is 0 Å². The van der Waals surface area contributed by atoms with Gasteiger partial charge in [0, 0.05) is 23.2 Å². The smallest absolute Gasteiger partial charge is 0.0129 e. The van der Waals surface area contributed by atoms with Gasteiger partial charge in [-0.2, -0.15) is 0 Å². The molecule has 0 spiro atoms. The molecule has 4 N–H and O–H groups in total. The van der Waals surface area contributed by atoms with Crippen molar-refractivity contribution in [2.45, 2.75) is 117 Å². The van der Waals surface area contributed by atoms with Gasteiger partial charge in [0.2, 0.25) is 0 Å². The molecule has 0 aromatic rings. The summed E-state index contributed by atoms with van der Waals surface area (Å²) in [7, 11) is 8.79. The molecule has 0 rings (SSSR count). The van der Waals surface area contributed by atoms with Gasteiger partial charge in [0.05, 0.1) is 0 Å². The monoisotopic (exact) mass is 398 g/mol. The fourth-order valence-electron chi connectivity index (χ4n) is 4.30. The number of hydrogen-bond donors (Lipinski definition) is 2. The van der Waals surface area contributed by atoms with Crippen molar-refractivity contribution in [3.8, 4) is 0 Å². The Morgan fingerprint density at radius 3 is 1.61 bits per heavy atom. The van der Waals surface area contributed by atoms with Gasteiger partial charge in [-0.05, 0) is 105 Å². The van der Waals surface area contributed by atoms with Crippen molar-refractivity contribution in [1.82, 2.24) is 9.80 Å². The Morgan fingerprint density at radius 2 is 1.21 bits per heavy atom. The van der Waals surface area contributed by atoms with Gasteiger partial charge in [-0.1, -0.05) is 27.7 Å². The second-order valence-corrected chi connectivity index (χ2v) is 12.1. The van der Waals surface area contributed by atoms with Crippen LogP contribution in [0.25, 0.3) is 0 Å². The first-order chi connectivity index (χ1) is 12.4. The largest absolute Gasteiger partial charge is 0.326 e. The van der Waals surface area contributed by atoms with Crippen LogP contribution in [-0.2, 0) is 0 Å². The summed E-state index contributed by atoms with van der Waals surface area (Å²) in [5.74, 6) is 0.591. The summed E-state index contributed by atoms with van der Waals surface area (Å²) >= 11 is 0. The Labute approximate surface area is 177 Å². The summed E-state index contributed by atoms with van der Waals surface area (Å²) in [6.07, 6.45) is 7.93. The molecular weight excluding hydrogens is 344 g/mol. The van der Waals surface area contributed by atoms with Crippen LogP contribution in [0.2, 0.25) is 0 Å². The van der Waals surface area contributed by atoms with Crippen molar-refractivity contribution in [2.24, 2.45) is 22.8 Å². The van der Waals surface area contributed by atoms with Gasteiger partial charge >= 0.3 is 0 Å².